The maximum Gasteiger partial charge on any atom is 0.336 e. The van der Waals surface area contributed by atoms with E-state index in [9.17, 15) is 24.6 Å². The number of aliphatic carboxylic acids is 1. The number of carbonyl (C=O) groups excluding carboxylic acids is 2. The van der Waals surface area contributed by atoms with Crippen LogP contribution in [0.3, 0.4) is 0 Å². The predicted molar refractivity (Wildman–Crippen MR) is 171 cm³/mol. The fourth-order valence-electron chi connectivity index (χ4n) is 4.82. The van der Waals surface area contributed by atoms with Crippen molar-refractivity contribution >= 4 is 17.7 Å². The lowest BCUT2D eigenvalue weighted by Gasteiger charge is -2.25. The Balaban J connectivity index is 1.71. The minimum atomic E-state index is -2.23. The third-order valence-corrected chi connectivity index (χ3v) is 7.67. The van der Waals surface area contributed by atoms with Crippen LogP contribution in [0.4, 0.5) is 0 Å². The number of amides is 1. The minimum absolute atomic E-state index is 0.306. The van der Waals surface area contributed by atoms with Gasteiger partial charge in [0, 0.05) is 19.4 Å². The lowest BCUT2D eigenvalue weighted by Crippen LogP contribution is -2.49. The van der Waals surface area contributed by atoms with E-state index in [1.807, 2.05) is 54.6 Å². The first-order valence-electron chi connectivity index (χ1n) is 15.9. The molecule has 0 spiro atoms. The van der Waals surface area contributed by atoms with Crippen molar-refractivity contribution < 1.29 is 29.3 Å². The van der Waals surface area contributed by atoms with Gasteiger partial charge in [-0.15, -0.1) is 0 Å². The first-order valence-corrected chi connectivity index (χ1v) is 15.9. The van der Waals surface area contributed by atoms with E-state index in [0.717, 1.165) is 62.3 Å². The molecule has 0 saturated heterocycles. The number of carboxylic acid groups (broad SMARTS) is 1. The topological polar surface area (TPSA) is 113 Å². The molecule has 3 N–H and O–H groups in total. The summed E-state index contributed by atoms with van der Waals surface area (Å²) in [5, 5.41) is 22.9. The van der Waals surface area contributed by atoms with Gasteiger partial charge in [-0.3, -0.25) is 9.59 Å². The average Bonchev–Trinajstić information content (AvgIpc) is 3.00. The molecule has 2 rings (SSSR count). The van der Waals surface area contributed by atoms with Crippen LogP contribution in [0.1, 0.15) is 102 Å². The number of carbonyl (C=O) groups is 3. The summed E-state index contributed by atoms with van der Waals surface area (Å²) in [6.07, 6.45) is 15.3. The van der Waals surface area contributed by atoms with Gasteiger partial charge in [0.05, 0.1) is 5.92 Å². The average molecular weight is 594 g/mol. The van der Waals surface area contributed by atoms with Crippen LogP contribution in [0, 0.1) is 5.92 Å². The van der Waals surface area contributed by atoms with E-state index < -0.39 is 23.4 Å². The van der Waals surface area contributed by atoms with Crippen LogP contribution in [-0.4, -0.2) is 40.0 Å². The lowest BCUT2D eigenvalue weighted by atomic mass is 9.87. The van der Waals surface area contributed by atoms with E-state index in [-0.39, 0.29) is 0 Å². The second-order valence-corrected chi connectivity index (χ2v) is 11.5. The molecule has 0 aliphatic carbocycles. The van der Waals surface area contributed by atoms with Gasteiger partial charge in [0.1, 0.15) is 18.1 Å². The number of rotatable bonds is 23. The lowest BCUT2D eigenvalue weighted by molar-refractivity contribution is -0.163. The molecule has 2 aromatic carbocycles. The quantitative estimate of drug-likeness (QED) is 0.0928. The van der Waals surface area contributed by atoms with Crippen molar-refractivity contribution in [1.29, 1.82) is 0 Å². The van der Waals surface area contributed by atoms with Crippen molar-refractivity contribution in [3.05, 3.63) is 77.9 Å². The van der Waals surface area contributed by atoms with Crippen molar-refractivity contribution in [2.75, 3.05) is 6.54 Å². The van der Waals surface area contributed by atoms with Crippen LogP contribution in [0.5, 0.6) is 5.75 Å². The van der Waals surface area contributed by atoms with Crippen LogP contribution < -0.4 is 10.1 Å². The highest BCUT2D eigenvalue weighted by Crippen LogP contribution is 2.21. The number of unbranched alkanes of at least 4 members (excludes halogenated alkanes) is 8. The summed E-state index contributed by atoms with van der Waals surface area (Å²) in [6.45, 7) is 4.12. The van der Waals surface area contributed by atoms with E-state index in [4.69, 9.17) is 4.74 Å². The van der Waals surface area contributed by atoms with E-state index in [1.165, 1.54) is 25.3 Å². The van der Waals surface area contributed by atoms with Crippen LogP contribution in [0.2, 0.25) is 0 Å². The summed E-state index contributed by atoms with van der Waals surface area (Å²) in [6, 6.07) is 17.5. The molecule has 0 aliphatic heterocycles. The van der Waals surface area contributed by atoms with Crippen molar-refractivity contribution in [3.8, 4) is 5.75 Å². The van der Waals surface area contributed by atoms with Crippen molar-refractivity contribution in [2.45, 2.75) is 110 Å². The summed E-state index contributed by atoms with van der Waals surface area (Å²) in [7, 11) is 0. The van der Waals surface area contributed by atoms with Gasteiger partial charge in [-0.1, -0.05) is 100 Å². The molecule has 0 saturated carbocycles. The Labute approximate surface area is 257 Å². The number of aliphatic hydroxyl groups is 1. The molecular weight excluding hydrogens is 542 g/mol. The largest absolute Gasteiger partial charge is 0.489 e. The number of hydrogen-bond acceptors (Lipinski definition) is 5. The molecule has 0 bridgehead atoms. The molecule has 0 heterocycles. The van der Waals surface area contributed by atoms with E-state index in [2.05, 4.69) is 12.2 Å². The van der Waals surface area contributed by atoms with E-state index in [1.54, 1.807) is 6.08 Å². The predicted octanol–water partition coefficient (Wildman–Crippen LogP) is 7.20. The number of nitrogens with one attached hydrogen (secondary N) is 1. The third-order valence-electron chi connectivity index (χ3n) is 7.67. The van der Waals surface area contributed by atoms with Crippen LogP contribution in [-0.2, 0) is 27.4 Å². The summed E-state index contributed by atoms with van der Waals surface area (Å²) in [4.78, 5) is 36.6. The van der Waals surface area contributed by atoms with Gasteiger partial charge in [0.2, 0.25) is 5.91 Å². The zero-order chi connectivity index (χ0) is 31.3. The van der Waals surface area contributed by atoms with Crippen LogP contribution >= 0.6 is 0 Å². The van der Waals surface area contributed by atoms with Crippen LogP contribution in [0.15, 0.2) is 66.7 Å². The molecular formula is C36H51NO6. The molecule has 236 valence electrons. The number of benzene rings is 2. The Morgan fingerprint density at radius 2 is 1.49 bits per heavy atom. The number of hydrogen-bond donors (Lipinski definition) is 3. The molecule has 1 amide bonds. The minimum Gasteiger partial charge on any atom is -0.489 e. The number of allylic oxidation sites excluding steroid dienone is 1. The normalized spacial score (nSPS) is 13.4. The van der Waals surface area contributed by atoms with Crippen molar-refractivity contribution in [3.63, 3.8) is 0 Å². The Kier molecular flexibility index (Phi) is 17.0. The first-order chi connectivity index (χ1) is 20.7. The monoisotopic (exact) mass is 593 g/mol. The van der Waals surface area contributed by atoms with Gasteiger partial charge >= 0.3 is 5.97 Å². The molecule has 0 unspecified atom stereocenters. The Morgan fingerprint density at radius 3 is 2.12 bits per heavy atom. The molecule has 7 heteroatoms. The fourth-order valence-corrected chi connectivity index (χ4v) is 4.82. The maximum atomic E-state index is 12.9. The highest BCUT2D eigenvalue weighted by molar-refractivity contribution is 5.90. The Bertz CT molecular complexity index is 1110. The molecule has 7 nitrogen and oxygen atoms in total. The summed E-state index contributed by atoms with van der Waals surface area (Å²) in [5.74, 6) is -2.08. The SMILES string of the molecule is CCCCCCCC(=O)CCCCCCC=C[C@H](C(=O)NCCc1ccc(OCc2ccccc2)cc1)[C@](C)(O)C(=O)O. The Morgan fingerprint density at radius 1 is 0.860 bits per heavy atom. The molecule has 0 fully saturated rings. The third kappa shape index (κ3) is 14.5. The molecule has 0 radical (unpaired) electrons. The van der Waals surface area contributed by atoms with Crippen LogP contribution in [0.25, 0.3) is 0 Å². The molecule has 0 aliphatic rings. The summed E-state index contributed by atoms with van der Waals surface area (Å²) >= 11 is 0. The number of ether oxygens (including phenoxy) is 1. The smallest absolute Gasteiger partial charge is 0.336 e. The maximum absolute atomic E-state index is 12.9. The Hall–Kier alpha value is -3.45. The fraction of sp³-hybridized carbons (Fsp3) is 0.528. The zero-order valence-electron chi connectivity index (χ0n) is 26.1. The van der Waals surface area contributed by atoms with E-state index in [0.29, 0.717) is 44.6 Å². The summed E-state index contributed by atoms with van der Waals surface area (Å²) < 4.78 is 5.81. The summed E-state index contributed by atoms with van der Waals surface area (Å²) in [5.41, 5.74) is -0.144. The van der Waals surface area contributed by atoms with Crippen molar-refractivity contribution in [1.82, 2.24) is 5.32 Å². The van der Waals surface area contributed by atoms with Gasteiger partial charge < -0.3 is 20.3 Å². The van der Waals surface area contributed by atoms with Gasteiger partial charge in [-0.05, 0) is 62.3 Å². The van der Waals surface area contributed by atoms with Crippen molar-refractivity contribution in [2.24, 2.45) is 5.92 Å². The number of ketones is 1. The molecule has 2 atom stereocenters. The highest BCUT2D eigenvalue weighted by Gasteiger charge is 2.42. The van der Waals surface area contributed by atoms with Gasteiger partial charge in [0.15, 0.2) is 5.60 Å². The van der Waals surface area contributed by atoms with Gasteiger partial charge in [-0.2, -0.15) is 0 Å². The zero-order valence-corrected chi connectivity index (χ0v) is 26.1. The number of carboxylic acids is 1. The standard InChI is InChI=1S/C36H51NO6/c1-3-4-5-8-14-19-31(38)20-15-9-6-7-10-16-21-33(36(2,42)35(40)41)34(39)37-27-26-29-22-24-32(25-23-29)43-28-30-17-12-11-13-18-30/h11-13,16-18,21-25,33,42H,3-10,14-15,19-20,26-28H2,1-2H3,(H,37,39)(H,40,41)/t33-,36+/m1/s1. The highest BCUT2D eigenvalue weighted by atomic mass is 16.5. The second kappa shape index (κ2) is 20.5. The van der Waals surface area contributed by atoms with E-state index >= 15 is 0 Å². The van der Waals surface area contributed by atoms with Gasteiger partial charge in [0.25, 0.3) is 0 Å². The number of Topliss-reactive ketones (excluding diaryl/α,β-unsaturated/α-hetero) is 1. The second-order valence-electron chi connectivity index (χ2n) is 11.5. The molecule has 0 aromatic heterocycles. The molecule has 2 aromatic rings. The molecule has 43 heavy (non-hydrogen) atoms. The first kappa shape index (κ1) is 35.7. The van der Waals surface area contributed by atoms with Gasteiger partial charge in [-0.25, -0.2) is 4.79 Å².